The fourth-order valence-electron chi connectivity index (χ4n) is 3.37. The molecule has 1 N–H and O–H groups in total. The highest BCUT2D eigenvalue weighted by Gasteiger charge is 2.21. The molecule has 0 saturated heterocycles. The summed E-state index contributed by atoms with van der Waals surface area (Å²) < 4.78 is 13.8. The van der Waals surface area contributed by atoms with E-state index in [1.807, 2.05) is 6.26 Å². The zero-order valence-electron chi connectivity index (χ0n) is 16.7. The first kappa shape index (κ1) is 20.3. The Kier molecular flexibility index (Phi) is 5.19. The largest absolute Gasteiger partial charge is 0.454 e. The first-order chi connectivity index (χ1) is 15.5. The number of nitrogens with one attached hydrogen (secondary N) is 1. The van der Waals surface area contributed by atoms with Gasteiger partial charge in [-0.3, -0.25) is 14.2 Å². The maximum atomic E-state index is 13.3. The third kappa shape index (κ3) is 3.55. The van der Waals surface area contributed by atoms with Crippen molar-refractivity contribution in [3.63, 3.8) is 0 Å². The van der Waals surface area contributed by atoms with E-state index in [1.165, 1.54) is 27.7 Å². The van der Waals surface area contributed by atoms with Gasteiger partial charge in [0.1, 0.15) is 11.2 Å². The molecule has 0 unspecified atom stereocenters. The number of carbonyl (C=O) groups excluding carboxylic acids is 1. The van der Waals surface area contributed by atoms with Gasteiger partial charge in [0.25, 0.3) is 5.56 Å². The number of amides is 1. The Bertz CT molecular complexity index is 1460. The molecule has 3 heterocycles. The van der Waals surface area contributed by atoms with Crippen LogP contribution < -0.4 is 26.0 Å². The molecule has 0 bridgehead atoms. The van der Waals surface area contributed by atoms with Crippen LogP contribution in [-0.4, -0.2) is 33.1 Å². The minimum atomic E-state index is -0.632. The molecule has 0 radical (unpaired) electrons. The summed E-state index contributed by atoms with van der Waals surface area (Å²) in [7, 11) is 0. The number of nitrogens with zero attached hydrogens (tertiary/aromatic N) is 3. The van der Waals surface area contributed by atoms with E-state index in [1.54, 1.807) is 48.5 Å². The van der Waals surface area contributed by atoms with E-state index in [9.17, 15) is 14.4 Å². The van der Waals surface area contributed by atoms with Crippen LogP contribution in [0.4, 0.5) is 5.69 Å². The van der Waals surface area contributed by atoms with E-state index in [4.69, 9.17) is 9.47 Å². The minimum Gasteiger partial charge on any atom is -0.454 e. The number of para-hydroxylation sites is 1. The molecule has 11 heteroatoms. The number of thioether (sulfide) groups is 1. The van der Waals surface area contributed by atoms with Crippen LogP contribution in [0.3, 0.4) is 0 Å². The molecular weight excluding hydrogens is 452 g/mol. The van der Waals surface area contributed by atoms with Crippen molar-refractivity contribution in [2.75, 3.05) is 18.4 Å². The predicted molar refractivity (Wildman–Crippen MR) is 122 cm³/mol. The Labute approximate surface area is 189 Å². The second-order valence-corrected chi connectivity index (χ2v) is 8.85. The summed E-state index contributed by atoms with van der Waals surface area (Å²) in [5.74, 6) is 0.691. The normalized spacial score (nSPS) is 12.3. The quantitative estimate of drug-likeness (QED) is 0.449. The van der Waals surface area contributed by atoms with E-state index < -0.39 is 17.2 Å². The SMILES string of the molecule is CSc1nc2c(s1)c(=O)n(-c1ccccc1)c(=O)n2CC(=O)Nc1ccc2c(c1)OCO2. The number of hydrogen-bond acceptors (Lipinski definition) is 8. The highest BCUT2D eigenvalue weighted by Crippen LogP contribution is 2.34. The summed E-state index contributed by atoms with van der Waals surface area (Å²) in [5, 5.41) is 2.76. The van der Waals surface area contributed by atoms with Gasteiger partial charge in [0.05, 0.1) is 5.69 Å². The second kappa shape index (κ2) is 8.17. The number of carbonyl (C=O) groups is 1. The fourth-order valence-corrected chi connectivity index (χ4v) is 4.86. The molecule has 32 heavy (non-hydrogen) atoms. The van der Waals surface area contributed by atoms with Crippen molar-refractivity contribution in [3.05, 3.63) is 69.4 Å². The number of thiazole rings is 1. The van der Waals surface area contributed by atoms with Gasteiger partial charge in [0.2, 0.25) is 12.7 Å². The smallest absolute Gasteiger partial charge is 0.337 e. The van der Waals surface area contributed by atoms with Gasteiger partial charge in [0.15, 0.2) is 21.5 Å². The Morgan fingerprint density at radius 3 is 2.72 bits per heavy atom. The maximum Gasteiger partial charge on any atom is 0.337 e. The van der Waals surface area contributed by atoms with Gasteiger partial charge in [-0.15, -0.1) is 11.3 Å². The summed E-state index contributed by atoms with van der Waals surface area (Å²) in [6.07, 6.45) is 1.84. The van der Waals surface area contributed by atoms with Gasteiger partial charge in [-0.05, 0) is 30.5 Å². The molecule has 4 aromatic rings. The van der Waals surface area contributed by atoms with E-state index in [0.717, 1.165) is 4.57 Å². The Hall–Kier alpha value is -3.57. The molecule has 0 aliphatic carbocycles. The molecule has 2 aromatic heterocycles. The van der Waals surface area contributed by atoms with Crippen molar-refractivity contribution in [3.8, 4) is 17.2 Å². The summed E-state index contributed by atoms with van der Waals surface area (Å²) in [4.78, 5) is 43.6. The highest BCUT2D eigenvalue weighted by atomic mass is 32.2. The van der Waals surface area contributed by atoms with Crippen LogP contribution in [0.25, 0.3) is 16.0 Å². The van der Waals surface area contributed by atoms with E-state index in [-0.39, 0.29) is 19.0 Å². The number of ether oxygens (including phenoxy) is 2. The van der Waals surface area contributed by atoms with Crippen molar-refractivity contribution in [1.82, 2.24) is 14.1 Å². The van der Waals surface area contributed by atoms with E-state index in [2.05, 4.69) is 10.3 Å². The lowest BCUT2D eigenvalue weighted by Crippen LogP contribution is -2.40. The monoisotopic (exact) mass is 468 g/mol. The lowest BCUT2D eigenvalue weighted by atomic mass is 10.2. The van der Waals surface area contributed by atoms with Crippen molar-refractivity contribution < 1.29 is 14.3 Å². The number of benzene rings is 2. The summed E-state index contributed by atoms with van der Waals surface area (Å²) in [6, 6.07) is 13.6. The number of fused-ring (bicyclic) bond motifs is 2. The number of hydrogen-bond donors (Lipinski definition) is 1. The highest BCUT2D eigenvalue weighted by molar-refractivity contribution is 8.00. The average molecular weight is 469 g/mol. The van der Waals surface area contributed by atoms with Crippen molar-refractivity contribution >= 4 is 45.0 Å². The Morgan fingerprint density at radius 1 is 1.16 bits per heavy atom. The molecule has 5 rings (SSSR count). The maximum absolute atomic E-state index is 13.3. The first-order valence-electron chi connectivity index (χ1n) is 9.50. The topological polar surface area (TPSA) is 104 Å². The van der Waals surface area contributed by atoms with Crippen LogP contribution in [0, 0.1) is 0 Å². The van der Waals surface area contributed by atoms with Crippen LogP contribution in [0.1, 0.15) is 0 Å². The molecule has 9 nitrogen and oxygen atoms in total. The minimum absolute atomic E-state index is 0.128. The molecule has 0 fully saturated rings. The van der Waals surface area contributed by atoms with Gasteiger partial charge in [-0.1, -0.05) is 30.0 Å². The van der Waals surface area contributed by atoms with Crippen LogP contribution in [0.15, 0.2) is 62.5 Å². The molecular formula is C21H16N4O5S2. The van der Waals surface area contributed by atoms with E-state index in [0.29, 0.717) is 31.9 Å². The Morgan fingerprint density at radius 2 is 1.94 bits per heavy atom. The summed E-state index contributed by atoms with van der Waals surface area (Å²) >= 11 is 2.57. The van der Waals surface area contributed by atoms with Crippen molar-refractivity contribution in [1.29, 1.82) is 0 Å². The molecule has 1 aliphatic heterocycles. The van der Waals surface area contributed by atoms with Gasteiger partial charge in [0, 0.05) is 11.8 Å². The lowest BCUT2D eigenvalue weighted by Gasteiger charge is -2.12. The number of aromatic nitrogens is 3. The molecule has 0 spiro atoms. The lowest BCUT2D eigenvalue weighted by molar-refractivity contribution is -0.116. The number of anilines is 1. The van der Waals surface area contributed by atoms with Crippen LogP contribution in [-0.2, 0) is 11.3 Å². The number of rotatable bonds is 5. The average Bonchev–Trinajstić information content (AvgIpc) is 3.44. The summed E-state index contributed by atoms with van der Waals surface area (Å²) in [5.41, 5.74) is 0.0349. The van der Waals surface area contributed by atoms with Crippen molar-refractivity contribution in [2.24, 2.45) is 0 Å². The van der Waals surface area contributed by atoms with E-state index >= 15 is 0 Å². The summed E-state index contributed by atoms with van der Waals surface area (Å²) in [6.45, 7) is -0.183. The first-order valence-corrected chi connectivity index (χ1v) is 11.5. The zero-order chi connectivity index (χ0) is 22.2. The van der Waals surface area contributed by atoms with Gasteiger partial charge in [-0.25, -0.2) is 14.3 Å². The fraction of sp³-hybridized carbons (Fsp3) is 0.143. The third-order valence-corrected chi connectivity index (χ3v) is 6.83. The second-order valence-electron chi connectivity index (χ2n) is 6.80. The molecule has 1 amide bonds. The van der Waals surface area contributed by atoms with Gasteiger partial charge < -0.3 is 14.8 Å². The third-order valence-electron chi connectivity index (χ3n) is 4.81. The molecule has 2 aromatic carbocycles. The van der Waals surface area contributed by atoms with Gasteiger partial charge >= 0.3 is 5.69 Å². The molecule has 1 aliphatic rings. The zero-order valence-corrected chi connectivity index (χ0v) is 18.4. The van der Waals surface area contributed by atoms with Gasteiger partial charge in [-0.2, -0.15) is 0 Å². The van der Waals surface area contributed by atoms with Crippen molar-refractivity contribution in [2.45, 2.75) is 10.9 Å². The van der Waals surface area contributed by atoms with Crippen LogP contribution in [0.5, 0.6) is 11.5 Å². The molecule has 0 atom stereocenters. The van der Waals surface area contributed by atoms with Crippen LogP contribution >= 0.6 is 23.1 Å². The standard InChI is InChI=1S/C21H16N4O5S2/c1-31-20-23-18-17(32-20)19(27)25(13-5-3-2-4-6-13)21(28)24(18)10-16(26)22-12-7-8-14-15(9-12)30-11-29-14/h2-9H,10-11H2,1H3,(H,22,26). The molecule has 162 valence electrons. The van der Waals surface area contributed by atoms with Crippen LogP contribution in [0.2, 0.25) is 0 Å². The predicted octanol–water partition coefficient (Wildman–Crippen LogP) is 2.70. The Balaban J connectivity index is 1.56. The molecule has 0 saturated carbocycles.